The van der Waals surface area contributed by atoms with E-state index in [9.17, 15) is 4.79 Å². The Morgan fingerprint density at radius 3 is 3.04 bits per heavy atom. The van der Waals surface area contributed by atoms with E-state index in [0.29, 0.717) is 18.4 Å². The van der Waals surface area contributed by atoms with E-state index in [2.05, 4.69) is 26.2 Å². The summed E-state index contributed by atoms with van der Waals surface area (Å²) < 4.78 is 7.72. The number of hydrogen-bond donors (Lipinski definition) is 0. The van der Waals surface area contributed by atoms with Gasteiger partial charge in [-0.3, -0.25) is 9.36 Å². The van der Waals surface area contributed by atoms with E-state index in [4.69, 9.17) is 4.74 Å². The number of carbonyl (C=O) groups is 1. The van der Waals surface area contributed by atoms with Gasteiger partial charge in [-0.1, -0.05) is 17.8 Å². The van der Waals surface area contributed by atoms with E-state index < -0.39 is 0 Å². The topological polar surface area (TPSA) is 57.0 Å². The maximum atomic E-state index is 12.6. The molecule has 0 spiro atoms. The molecule has 0 bridgehead atoms. The molecule has 1 aliphatic heterocycles. The molecular formula is C19H17N3O2S2. The Kier molecular flexibility index (Phi) is 4.05. The summed E-state index contributed by atoms with van der Waals surface area (Å²) in [5, 5.41) is 11.7. The fourth-order valence-corrected chi connectivity index (χ4v) is 4.79. The number of thioether (sulfide) groups is 1. The molecule has 0 N–H and O–H groups in total. The molecule has 3 aromatic rings. The molecule has 7 heteroatoms. The molecule has 1 aliphatic carbocycles. The van der Waals surface area contributed by atoms with Crippen LogP contribution in [0.3, 0.4) is 0 Å². The number of Topliss-reactive ketones (excluding diaryl/α,β-unsaturated/α-hetero) is 1. The molecule has 2 aliphatic rings. The number of ketones is 1. The lowest BCUT2D eigenvalue weighted by atomic mass is 10.1. The number of ether oxygens (including phenoxy) is 1. The molecule has 2 aromatic heterocycles. The van der Waals surface area contributed by atoms with Crippen molar-refractivity contribution in [2.75, 3.05) is 12.4 Å². The van der Waals surface area contributed by atoms with E-state index in [1.165, 1.54) is 11.8 Å². The number of nitrogens with zero attached hydrogens (tertiary/aromatic N) is 3. The standard InChI is InChI=1S/C19H17N3O2S2/c23-15(12-3-6-16-13(10-12)7-8-24-16)11-26-19-21-20-18(17-2-1-9-25-17)22(19)14-4-5-14/h1-3,6,9-10,14H,4-5,7-8,11H2. The Hall–Kier alpha value is -2.12. The SMILES string of the molecule is O=C(CSc1nnc(-c2cccs2)n1C1CC1)c1ccc2c(c1)CCO2. The second-order valence-corrected chi connectivity index (χ2v) is 8.41. The van der Waals surface area contributed by atoms with Crippen molar-refractivity contribution in [2.24, 2.45) is 0 Å². The molecule has 0 amide bonds. The van der Waals surface area contributed by atoms with Crippen molar-refractivity contribution >= 4 is 28.9 Å². The van der Waals surface area contributed by atoms with Crippen LogP contribution in [-0.4, -0.2) is 32.9 Å². The molecule has 1 aromatic carbocycles. The van der Waals surface area contributed by atoms with Crippen LogP contribution in [0.4, 0.5) is 0 Å². The lowest BCUT2D eigenvalue weighted by Crippen LogP contribution is -2.05. The number of aromatic nitrogens is 3. The van der Waals surface area contributed by atoms with Crippen molar-refractivity contribution in [1.82, 2.24) is 14.8 Å². The predicted octanol–water partition coefficient (Wildman–Crippen LogP) is 4.25. The molecule has 0 atom stereocenters. The van der Waals surface area contributed by atoms with Gasteiger partial charge in [0.15, 0.2) is 16.8 Å². The first-order chi connectivity index (χ1) is 12.8. The van der Waals surface area contributed by atoms with Crippen molar-refractivity contribution in [1.29, 1.82) is 0 Å². The van der Waals surface area contributed by atoms with Crippen molar-refractivity contribution in [3.05, 3.63) is 46.8 Å². The highest BCUT2D eigenvalue weighted by molar-refractivity contribution is 7.99. The molecule has 1 saturated carbocycles. The molecule has 5 rings (SSSR count). The van der Waals surface area contributed by atoms with Crippen LogP contribution in [-0.2, 0) is 6.42 Å². The third kappa shape index (κ3) is 2.95. The summed E-state index contributed by atoms with van der Waals surface area (Å²) in [5.41, 5.74) is 1.87. The zero-order valence-electron chi connectivity index (χ0n) is 14.1. The van der Waals surface area contributed by atoms with Gasteiger partial charge >= 0.3 is 0 Å². The van der Waals surface area contributed by atoms with Crippen LogP contribution >= 0.6 is 23.1 Å². The Labute approximate surface area is 159 Å². The van der Waals surface area contributed by atoms with Crippen molar-refractivity contribution in [3.8, 4) is 16.5 Å². The van der Waals surface area contributed by atoms with Crippen LogP contribution in [0.25, 0.3) is 10.7 Å². The first-order valence-electron chi connectivity index (χ1n) is 8.70. The molecule has 1 fully saturated rings. The van der Waals surface area contributed by atoms with E-state index in [1.807, 2.05) is 24.3 Å². The highest BCUT2D eigenvalue weighted by atomic mass is 32.2. The van der Waals surface area contributed by atoms with Gasteiger partial charge in [-0.2, -0.15) is 0 Å². The molecule has 132 valence electrons. The summed E-state index contributed by atoms with van der Waals surface area (Å²) in [6.45, 7) is 0.706. The third-order valence-electron chi connectivity index (χ3n) is 4.66. The predicted molar refractivity (Wildman–Crippen MR) is 102 cm³/mol. The summed E-state index contributed by atoms with van der Waals surface area (Å²) in [6.07, 6.45) is 3.19. The van der Waals surface area contributed by atoms with Gasteiger partial charge in [-0.05, 0) is 48.1 Å². The maximum absolute atomic E-state index is 12.6. The number of hydrogen-bond acceptors (Lipinski definition) is 6. The van der Waals surface area contributed by atoms with E-state index in [1.54, 1.807) is 11.3 Å². The lowest BCUT2D eigenvalue weighted by Gasteiger charge is -2.08. The van der Waals surface area contributed by atoms with Crippen molar-refractivity contribution in [2.45, 2.75) is 30.5 Å². The van der Waals surface area contributed by atoms with Gasteiger partial charge in [0.2, 0.25) is 0 Å². The molecule has 26 heavy (non-hydrogen) atoms. The second kappa shape index (κ2) is 6.55. The Bertz CT molecular complexity index is 961. The highest BCUT2D eigenvalue weighted by Gasteiger charge is 2.30. The smallest absolute Gasteiger partial charge is 0.192 e. The average Bonchev–Trinajstić information content (AvgIpc) is 3.09. The van der Waals surface area contributed by atoms with E-state index in [-0.39, 0.29) is 5.78 Å². The maximum Gasteiger partial charge on any atom is 0.192 e. The molecule has 5 nitrogen and oxygen atoms in total. The van der Waals surface area contributed by atoms with Crippen molar-refractivity contribution in [3.63, 3.8) is 0 Å². The minimum absolute atomic E-state index is 0.118. The first kappa shape index (κ1) is 16.1. The Morgan fingerprint density at radius 2 is 2.23 bits per heavy atom. The number of benzene rings is 1. The molecule has 0 unspecified atom stereocenters. The van der Waals surface area contributed by atoms with Gasteiger partial charge < -0.3 is 4.74 Å². The van der Waals surface area contributed by atoms with E-state index >= 15 is 0 Å². The monoisotopic (exact) mass is 383 g/mol. The summed E-state index contributed by atoms with van der Waals surface area (Å²) in [6, 6.07) is 10.3. The van der Waals surface area contributed by atoms with Crippen molar-refractivity contribution < 1.29 is 9.53 Å². The Balaban J connectivity index is 1.35. The van der Waals surface area contributed by atoms with Gasteiger partial charge in [-0.25, -0.2) is 0 Å². The van der Waals surface area contributed by atoms with Gasteiger partial charge in [0, 0.05) is 18.0 Å². The van der Waals surface area contributed by atoms with E-state index in [0.717, 1.165) is 52.0 Å². The van der Waals surface area contributed by atoms with Crippen LogP contribution in [0.5, 0.6) is 5.75 Å². The fourth-order valence-electron chi connectivity index (χ4n) is 3.18. The van der Waals surface area contributed by atoms with Crippen LogP contribution < -0.4 is 4.74 Å². The van der Waals surface area contributed by atoms with Gasteiger partial charge in [0.25, 0.3) is 0 Å². The summed E-state index contributed by atoms with van der Waals surface area (Å²) in [4.78, 5) is 13.8. The van der Waals surface area contributed by atoms with Gasteiger partial charge in [0.1, 0.15) is 5.75 Å². The Morgan fingerprint density at radius 1 is 1.31 bits per heavy atom. The fraction of sp³-hybridized carbons (Fsp3) is 0.316. The molecule has 0 saturated heterocycles. The van der Waals surface area contributed by atoms with Crippen LogP contribution in [0.15, 0.2) is 40.9 Å². The highest BCUT2D eigenvalue weighted by Crippen LogP contribution is 2.41. The van der Waals surface area contributed by atoms with Crippen LogP contribution in [0.1, 0.15) is 34.8 Å². The summed E-state index contributed by atoms with van der Waals surface area (Å²) >= 11 is 3.15. The molecule has 3 heterocycles. The van der Waals surface area contributed by atoms with Crippen LogP contribution in [0, 0.1) is 0 Å². The minimum Gasteiger partial charge on any atom is -0.493 e. The number of rotatable bonds is 6. The second-order valence-electron chi connectivity index (χ2n) is 6.52. The largest absolute Gasteiger partial charge is 0.493 e. The summed E-state index contributed by atoms with van der Waals surface area (Å²) in [5.74, 6) is 2.32. The zero-order valence-corrected chi connectivity index (χ0v) is 15.7. The van der Waals surface area contributed by atoms with Crippen LogP contribution in [0.2, 0.25) is 0 Å². The molecular weight excluding hydrogens is 366 g/mol. The number of carbonyl (C=O) groups excluding carboxylic acids is 1. The molecule has 0 radical (unpaired) electrons. The average molecular weight is 383 g/mol. The van der Waals surface area contributed by atoms with Gasteiger partial charge in [0.05, 0.1) is 17.2 Å². The minimum atomic E-state index is 0.118. The quantitative estimate of drug-likeness (QED) is 0.470. The third-order valence-corrected chi connectivity index (χ3v) is 6.47. The lowest BCUT2D eigenvalue weighted by molar-refractivity contribution is 0.102. The first-order valence-corrected chi connectivity index (χ1v) is 10.6. The normalized spacial score (nSPS) is 15.7. The number of thiophene rings is 1. The summed E-state index contributed by atoms with van der Waals surface area (Å²) in [7, 11) is 0. The zero-order chi connectivity index (χ0) is 17.5. The number of fused-ring (bicyclic) bond motifs is 1. The van der Waals surface area contributed by atoms with Gasteiger partial charge in [-0.15, -0.1) is 21.5 Å².